The van der Waals surface area contributed by atoms with Crippen molar-refractivity contribution in [2.75, 3.05) is 13.2 Å². The second-order valence-corrected chi connectivity index (χ2v) is 3.96. The summed E-state index contributed by atoms with van der Waals surface area (Å²) in [5.41, 5.74) is -0.959. The molecule has 2 bridgehead atoms. The van der Waals surface area contributed by atoms with Crippen molar-refractivity contribution in [3.63, 3.8) is 0 Å². The van der Waals surface area contributed by atoms with Gasteiger partial charge in [0.2, 0.25) is 0 Å². The Morgan fingerprint density at radius 1 is 1.60 bits per heavy atom. The molecule has 3 heterocycles. The smallest absolute Gasteiger partial charge is 0.164 e. The molecule has 0 unspecified atom stereocenters. The monoisotopic (exact) mass is 212 g/mol. The fraction of sp³-hybridized carbons (Fsp3) is 0.667. The highest BCUT2D eigenvalue weighted by Gasteiger charge is 2.61. The highest BCUT2D eigenvalue weighted by molar-refractivity contribution is 5.07. The summed E-state index contributed by atoms with van der Waals surface area (Å²) in [5, 5.41) is 19.1. The van der Waals surface area contributed by atoms with E-state index in [0.29, 0.717) is 0 Å². The molecule has 2 N–H and O–H groups in total. The first-order valence-electron chi connectivity index (χ1n) is 4.83. The first kappa shape index (κ1) is 9.29. The molecule has 2 saturated heterocycles. The molecule has 2 aliphatic rings. The molecule has 82 valence electrons. The second kappa shape index (κ2) is 3.02. The second-order valence-electron chi connectivity index (χ2n) is 3.96. The van der Waals surface area contributed by atoms with E-state index in [1.165, 1.54) is 0 Å². The molecule has 0 amide bonds. The Hall–Kier alpha value is -0.950. The van der Waals surface area contributed by atoms with Gasteiger partial charge in [-0.05, 0) is 0 Å². The van der Waals surface area contributed by atoms with Crippen LogP contribution in [0.15, 0.2) is 18.7 Å². The number of fused-ring (bicyclic) bond motifs is 2. The van der Waals surface area contributed by atoms with Crippen LogP contribution in [0.2, 0.25) is 0 Å². The lowest BCUT2D eigenvalue weighted by Gasteiger charge is -2.29. The number of aliphatic hydroxyl groups excluding tert-OH is 2. The molecule has 1 aromatic heterocycles. The standard InChI is InChI=1S/C9H12N2O4/c12-3-9-4-14-6(7(9)13)8(15-9)11-2-1-10-5-11/h1-2,5-8,12-13H,3-4H2/t6-,7+,8-,9+/m1/s1. The number of aromatic nitrogens is 2. The number of nitrogens with zero attached hydrogens (tertiary/aromatic N) is 2. The first-order valence-corrected chi connectivity index (χ1v) is 4.83. The summed E-state index contributed by atoms with van der Waals surface area (Å²) in [6.07, 6.45) is 3.37. The normalized spacial score (nSPS) is 43.7. The van der Waals surface area contributed by atoms with Crippen LogP contribution in [0.25, 0.3) is 0 Å². The lowest BCUT2D eigenvalue weighted by atomic mass is 10.0. The van der Waals surface area contributed by atoms with Crippen molar-refractivity contribution in [1.82, 2.24) is 9.55 Å². The van der Waals surface area contributed by atoms with Crippen LogP contribution in [-0.4, -0.2) is 50.8 Å². The minimum Gasteiger partial charge on any atom is -0.393 e. The predicted octanol–water partition coefficient (Wildman–Crippen LogP) is -1.10. The SMILES string of the molecule is OC[C@@]12CO[C@@H]([C@H](n3ccnc3)O1)[C@@H]2O. The van der Waals surface area contributed by atoms with Crippen LogP contribution >= 0.6 is 0 Å². The Bertz CT molecular complexity index is 355. The number of hydrogen-bond donors (Lipinski definition) is 2. The van der Waals surface area contributed by atoms with Crippen molar-refractivity contribution in [1.29, 1.82) is 0 Å². The molecule has 2 fully saturated rings. The molecule has 0 saturated carbocycles. The summed E-state index contributed by atoms with van der Waals surface area (Å²) < 4.78 is 12.8. The maximum atomic E-state index is 9.90. The zero-order chi connectivity index (χ0) is 10.5. The highest BCUT2D eigenvalue weighted by atomic mass is 16.7. The van der Waals surface area contributed by atoms with Gasteiger partial charge in [-0.15, -0.1) is 0 Å². The van der Waals surface area contributed by atoms with E-state index >= 15 is 0 Å². The molecular weight excluding hydrogens is 200 g/mol. The van der Waals surface area contributed by atoms with E-state index in [0.717, 1.165) is 0 Å². The number of hydrogen-bond acceptors (Lipinski definition) is 5. The molecule has 0 radical (unpaired) electrons. The average Bonchev–Trinajstić information content (AvgIpc) is 2.94. The summed E-state index contributed by atoms with van der Waals surface area (Å²) >= 11 is 0. The topological polar surface area (TPSA) is 76.7 Å². The van der Waals surface area contributed by atoms with Crippen LogP contribution in [0, 0.1) is 0 Å². The van der Waals surface area contributed by atoms with E-state index in [1.807, 2.05) is 0 Å². The Morgan fingerprint density at radius 2 is 2.47 bits per heavy atom. The van der Waals surface area contributed by atoms with Crippen molar-refractivity contribution in [2.24, 2.45) is 0 Å². The fourth-order valence-corrected chi connectivity index (χ4v) is 2.19. The van der Waals surface area contributed by atoms with Crippen molar-refractivity contribution >= 4 is 0 Å². The summed E-state index contributed by atoms with van der Waals surface area (Å²) in [5.74, 6) is 0. The van der Waals surface area contributed by atoms with Gasteiger partial charge in [0, 0.05) is 12.4 Å². The largest absolute Gasteiger partial charge is 0.393 e. The summed E-state index contributed by atoms with van der Waals surface area (Å²) in [6, 6.07) is 0. The zero-order valence-corrected chi connectivity index (χ0v) is 7.98. The lowest BCUT2D eigenvalue weighted by molar-refractivity contribution is -0.186. The third kappa shape index (κ3) is 1.10. The van der Waals surface area contributed by atoms with Crippen LogP contribution < -0.4 is 0 Å². The van der Waals surface area contributed by atoms with E-state index in [1.54, 1.807) is 23.3 Å². The molecule has 6 nitrogen and oxygen atoms in total. The van der Waals surface area contributed by atoms with E-state index in [4.69, 9.17) is 9.47 Å². The van der Waals surface area contributed by atoms with Gasteiger partial charge in [-0.25, -0.2) is 4.98 Å². The third-order valence-electron chi connectivity index (χ3n) is 3.09. The summed E-state index contributed by atoms with van der Waals surface area (Å²) in [7, 11) is 0. The lowest BCUT2D eigenvalue weighted by Crippen LogP contribution is -2.44. The van der Waals surface area contributed by atoms with E-state index < -0.39 is 24.0 Å². The van der Waals surface area contributed by atoms with Gasteiger partial charge < -0.3 is 24.3 Å². The average molecular weight is 212 g/mol. The Balaban J connectivity index is 1.92. The Labute approximate surface area is 86.1 Å². The van der Waals surface area contributed by atoms with E-state index in [-0.39, 0.29) is 13.2 Å². The van der Waals surface area contributed by atoms with Gasteiger partial charge in [0.1, 0.15) is 17.8 Å². The molecule has 15 heavy (non-hydrogen) atoms. The van der Waals surface area contributed by atoms with Gasteiger partial charge >= 0.3 is 0 Å². The quantitative estimate of drug-likeness (QED) is 0.651. The molecule has 3 rings (SSSR count). The molecule has 0 aliphatic carbocycles. The molecule has 0 aromatic carbocycles. The molecule has 2 aliphatic heterocycles. The number of aliphatic hydroxyl groups is 2. The molecular formula is C9H12N2O4. The minimum absolute atomic E-state index is 0.237. The maximum Gasteiger partial charge on any atom is 0.164 e. The number of imidazole rings is 1. The highest BCUT2D eigenvalue weighted by Crippen LogP contribution is 2.44. The van der Waals surface area contributed by atoms with Crippen molar-refractivity contribution in [3.05, 3.63) is 18.7 Å². The minimum atomic E-state index is -0.959. The Kier molecular flexibility index (Phi) is 1.87. The summed E-state index contributed by atoms with van der Waals surface area (Å²) in [6.45, 7) is -0.00358. The number of rotatable bonds is 2. The maximum absolute atomic E-state index is 9.90. The van der Waals surface area contributed by atoms with E-state index in [2.05, 4.69) is 4.98 Å². The first-order chi connectivity index (χ1) is 7.27. The van der Waals surface area contributed by atoms with Crippen LogP contribution in [0.5, 0.6) is 0 Å². The molecule has 1 aromatic rings. The predicted molar refractivity (Wildman–Crippen MR) is 47.9 cm³/mol. The van der Waals surface area contributed by atoms with Gasteiger partial charge in [0.05, 0.1) is 19.5 Å². The van der Waals surface area contributed by atoms with E-state index in [9.17, 15) is 10.2 Å². The van der Waals surface area contributed by atoms with Gasteiger partial charge in [0.15, 0.2) is 6.23 Å². The van der Waals surface area contributed by atoms with Crippen LogP contribution in [-0.2, 0) is 9.47 Å². The van der Waals surface area contributed by atoms with Crippen molar-refractivity contribution < 1.29 is 19.7 Å². The van der Waals surface area contributed by atoms with Crippen LogP contribution in [0.4, 0.5) is 0 Å². The molecule has 0 spiro atoms. The van der Waals surface area contributed by atoms with Crippen LogP contribution in [0.1, 0.15) is 6.23 Å². The van der Waals surface area contributed by atoms with Crippen molar-refractivity contribution in [2.45, 2.75) is 24.0 Å². The zero-order valence-electron chi connectivity index (χ0n) is 7.98. The fourth-order valence-electron chi connectivity index (χ4n) is 2.19. The van der Waals surface area contributed by atoms with Gasteiger partial charge in [-0.1, -0.05) is 0 Å². The molecule has 6 heteroatoms. The molecule has 4 atom stereocenters. The Morgan fingerprint density at radius 3 is 3.07 bits per heavy atom. The van der Waals surface area contributed by atoms with Crippen molar-refractivity contribution in [3.8, 4) is 0 Å². The summed E-state index contributed by atoms with van der Waals surface area (Å²) in [4.78, 5) is 3.91. The van der Waals surface area contributed by atoms with Gasteiger partial charge in [-0.2, -0.15) is 0 Å². The number of ether oxygens (including phenoxy) is 2. The third-order valence-corrected chi connectivity index (χ3v) is 3.09. The van der Waals surface area contributed by atoms with Gasteiger partial charge in [0.25, 0.3) is 0 Å². The van der Waals surface area contributed by atoms with Gasteiger partial charge in [-0.3, -0.25) is 0 Å². The van der Waals surface area contributed by atoms with Crippen LogP contribution in [0.3, 0.4) is 0 Å².